The zero-order valence-electron chi connectivity index (χ0n) is 40.8. The summed E-state index contributed by atoms with van der Waals surface area (Å²) in [5.74, 6) is 1.05. The van der Waals surface area contributed by atoms with Crippen molar-refractivity contribution < 1.29 is 58.7 Å². The number of hydrogen-bond acceptors (Lipinski definition) is 12. The Kier molecular flexibility index (Phi) is 42.1. The molecule has 0 aromatic carbocycles. The third-order valence-electron chi connectivity index (χ3n) is 11.5. The molecular weight excluding hydrogens is 769 g/mol. The Balaban J connectivity index is -0.00000104. The SMILES string of the molecule is CCC(OC)C(C)CCC(O)C(C)/C=C/C=C(\C)CC(OC)C(CCO)OC.CCC(OC)C(C)CCC(O)C(C)/C=C/C=C(\C)C[C@H](OC)C(C[C@@H](O)OC)OC.CO. The molecule has 13 atom stereocenters. The van der Waals surface area contributed by atoms with Crippen LogP contribution in [0.5, 0.6) is 0 Å². The summed E-state index contributed by atoms with van der Waals surface area (Å²) in [5, 5.41) is 46.8. The normalized spacial score (nSPS) is 19.1. The average Bonchev–Trinajstić information content (AvgIpc) is 3.25. The Morgan fingerprint density at radius 3 is 1.13 bits per heavy atom. The molecule has 11 unspecified atom stereocenters. The molecule has 12 nitrogen and oxygen atoms in total. The zero-order valence-corrected chi connectivity index (χ0v) is 40.8. The quantitative estimate of drug-likeness (QED) is 0.0321. The zero-order chi connectivity index (χ0) is 46.6. The molecule has 0 radical (unpaired) electrons. The molecule has 0 aromatic heterocycles. The minimum absolute atomic E-state index is 0.0747. The summed E-state index contributed by atoms with van der Waals surface area (Å²) >= 11 is 0. The third-order valence-corrected chi connectivity index (χ3v) is 11.5. The molecular formula is C48H94O12. The van der Waals surface area contributed by atoms with Gasteiger partial charge >= 0.3 is 0 Å². The number of rotatable bonds is 33. The molecule has 5 N–H and O–H groups in total. The minimum atomic E-state index is -0.877. The van der Waals surface area contributed by atoms with Crippen molar-refractivity contribution in [1.29, 1.82) is 0 Å². The highest BCUT2D eigenvalue weighted by Crippen LogP contribution is 2.23. The first-order valence-corrected chi connectivity index (χ1v) is 22.0. The second kappa shape index (κ2) is 40.3. The smallest absolute Gasteiger partial charge is 0.156 e. The van der Waals surface area contributed by atoms with Gasteiger partial charge in [0.15, 0.2) is 6.29 Å². The van der Waals surface area contributed by atoms with Crippen LogP contribution in [0.3, 0.4) is 0 Å². The van der Waals surface area contributed by atoms with Crippen LogP contribution in [0, 0.1) is 23.7 Å². The number of hydrogen-bond donors (Lipinski definition) is 5. The molecule has 0 rings (SSSR count). The van der Waals surface area contributed by atoms with Gasteiger partial charge in [-0.1, -0.05) is 89.1 Å². The van der Waals surface area contributed by atoms with E-state index in [9.17, 15) is 15.3 Å². The van der Waals surface area contributed by atoms with E-state index >= 15 is 0 Å². The maximum absolute atomic E-state index is 10.5. The molecule has 0 spiro atoms. The van der Waals surface area contributed by atoms with Crippen LogP contribution in [0.4, 0.5) is 0 Å². The molecule has 0 aromatic rings. The van der Waals surface area contributed by atoms with Gasteiger partial charge in [-0.3, -0.25) is 0 Å². The van der Waals surface area contributed by atoms with Gasteiger partial charge in [0, 0.05) is 81.7 Å². The van der Waals surface area contributed by atoms with Gasteiger partial charge in [-0.25, -0.2) is 0 Å². The van der Waals surface area contributed by atoms with E-state index in [0.29, 0.717) is 31.1 Å². The first kappa shape index (κ1) is 62.8. The summed E-state index contributed by atoms with van der Waals surface area (Å²) in [5.41, 5.74) is 2.30. The lowest BCUT2D eigenvalue weighted by molar-refractivity contribution is -0.126. The molecule has 0 saturated carbocycles. The standard InChI is InChI=1S/C24H46O6.C23H44O5.CH4O/c1-9-21(27-5)19(4)13-14-20(25)18(3)12-10-11-17(2)15-22(28-6)23(29-7)16-24(26)30-8;1-8-21(26-5)19(4)12-13-20(25)18(3)11-9-10-17(2)16-23(28-7)22(27-6)14-15-24;1-2/h10-12,18-26H,9,13-16H2,1-8H3;9-11,18-25H,8,12-16H2,1-7H3;2H,1H3/b12-10+,17-11+;11-9+,17-10+;/t18?,19?,20?,21?,22-,23?,24-;;/m0../s1. The van der Waals surface area contributed by atoms with Crippen LogP contribution in [0.1, 0.15) is 120 Å². The highest BCUT2D eigenvalue weighted by molar-refractivity contribution is 5.14. The summed E-state index contributed by atoms with van der Waals surface area (Å²) in [4.78, 5) is 0. The molecule has 0 aliphatic carbocycles. The Labute approximate surface area is 367 Å². The molecule has 0 amide bonds. The van der Waals surface area contributed by atoms with Crippen LogP contribution in [-0.4, -0.2) is 144 Å². The maximum Gasteiger partial charge on any atom is 0.156 e. The van der Waals surface area contributed by atoms with E-state index in [-0.39, 0.29) is 67.3 Å². The minimum Gasteiger partial charge on any atom is -0.400 e. The van der Waals surface area contributed by atoms with Crippen LogP contribution in [0.15, 0.2) is 47.6 Å². The summed E-state index contributed by atoms with van der Waals surface area (Å²) in [6.07, 6.45) is 18.2. The van der Waals surface area contributed by atoms with E-state index in [2.05, 4.69) is 46.8 Å². The van der Waals surface area contributed by atoms with E-state index in [0.717, 1.165) is 57.6 Å². The average molecular weight is 863 g/mol. The highest BCUT2D eigenvalue weighted by atomic mass is 16.6. The van der Waals surface area contributed by atoms with Crippen molar-refractivity contribution in [2.24, 2.45) is 23.7 Å². The molecule has 0 aliphatic heterocycles. The van der Waals surface area contributed by atoms with Crippen molar-refractivity contribution in [3.05, 3.63) is 47.6 Å². The molecule has 0 bridgehead atoms. The van der Waals surface area contributed by atoms with Gasteiger partial charge in [0.25, 0.3) is 0 Å². The predicted molar refractivity (Wildman–Crippen MR) is 245 cm³/mol. The molecule has 0 saturated heterocycles. The fraction of sp³-hybridized carbons (Fsp3) is 0.833. The molecule has 358 valence electrons. The van der Waals surface area contributed by atoms with Gasteiger partial charge < -0.3 is 58.7 Å². The summed E-state index contributed by atoms with van der Waals surface area (Å²) in [6, 6.07) is 0. The second-order valence-corrected chi connectivity index (χ2v) is 16.1. The Morgan fingerprint density at radius 2 is 0.833 bits per heavy atom. The van der Waals surface area contributed by atoms with Gasteiger partial charge in [-0.15, -0.1) is 0 Å². The van der Waals surface area contributed by atoms with Crippen LogP contribution in [0.25, 0.3) is 0 Å². The van der Waals surface area contributed by atoms with Gasteiger partial charge in [0.2, 0.25) is 0 Å². The fourth-order valence-corrected chi connectivity index (χ4v) is 7.20. The van der Waals surface area contributed by atoms with Crippen molar-refractivity contribution >= 4 is 0 Å². The molecule has 12 heteroatoms. The second-order valence-electron chi connectivity index (χ2n) is 16.1. The number of aliphatic hydroxyl groups excluding tert-OH is 5. The number of ether oxygens (including phenoxy) is 7. The first-order chi connectivity index (χ1) is 28.6. The van der Waals surface area contributed by atoms with E-state index in [1.54, 1.807) is 42.7 Å². The summed E-state index contributed by atoms with van der Waals surface area (Å²) in [7, 11) is 12.5. The highest BCUT2D eigenvalue weighted by Gasteiger charge is 2.25. The van der Waals surface area contributed by atoms with E-state index in [4.69, 9.17) is 43.4 Å². The van der Waals surface area contributed by atoms with Gasteiger partial charge in [-0.05, 0) is 83.5 Å². The lowest BCUT2D eigenvalue weighted by Gasteiger charge is -2.26. The van der Waals surface area contributed by atoms with Crippen LogP contribution >= 0.6 is 0 Å². The first-order valence-electron chi connectivity index (χ1n) is 22.0. The van der Waals surface area contributed by atoms with Crippen molar-refractivity contribution in [2.45, 2.75) is 175 Å². The topological polar surface area (TPSA) is 166 Å². The van der Waals surface area contributed by atoms with E-state index < -0.39 is 6.29 Å². The number of aliphatic hydroxyl groups is 5. The predicted octanol–water partition coefficient (Wildman–Crippen LogP) is 7.84. The van der Waals surface area contributed by atoms with Crippen LogP contribution in [0.2, 0.25) is 0 Å². The van der Waals surface area contributed by atoms with Gasteiger partial charge in [-0.2, -0.15) is 0 Å². The van der Waals surface area contributed by atoms with E-state index in [1.165, 1.54) is 12.7 Å². The van der Waals surface area contributed by atoms with E-state index in [1.807, 2.05) is 45.1 Å². The lowest BCUT2D eigenvalue weighted by atomic mass is 9.91. The van der Waals surface area contributed by atoms with Crippen molar-refractivity contribution in [2.75, 3.05) is 63.5 Å². The maximum atomic E-state index is 10.5. The molecule has 0 heterocycles. The Morgan fingerprint density at radius 1 is 0.483 bits per heavy atom. The van der Waals surface area contributed by atoms with Crippen LogP contribution in [-0.2, 0) is 33.2 Å². The third kappa shape index (κ3) is 29.0. The van der Waals surface area contributed by atoms with Crippen molar-refractivity contribution in [3.63, 3.8) is 0 Å². The molecule has 0 aliphatic rings. The number of methoxy groups -OCH3 is 7. The summed E-state index contributed by atoms with van der Waals surface area (Å²) < 4.78 is 37.9. The monoisotopic (exact) mass is 863 g/mol. The van der Waals surface area contributed by atoms with Gasteiger partial charge in [0.05, 0.1) is 48.8 Å². The Hall–Kier alpha value is -1.52. The molecule has 0 fully saturated rings. The fourth-order valence-electron chi connectivity index (χ4n) is 7.20. The van der Waals surface area contributed by atoms with Crippen molar-refractivity contribution in [1.82, 2.24) is 0 Å². The molecule has 60 heavy (non-hydrogen) atoms. The lowest BCUT2D eigenvalue weighted by Crippen LogP contribution is -2.34. The Bertz CT molecular complexity index is 1070. The van der Waals surface area contributed by atoms with Crippen LogP contribution < -0.4 is 0 Å². The van der Waals surface area contributed by atoms with Gasteiger partial charge in [0.1, 0.15) is 0 Å². The number of allylic oxidation sites excluding steroid dienone is 4. The summed E-state index contributed by atoms with van der Waals surface area (Å²) in [6.45, 7) is 16.9. The largest absolute Gasteiger partial charge is 0.400 e. The van der Waals surface area contributed by atoms with Crippen molar-refractivity contribution in [3.8, 4) is 0 Å².